The summed E-state index contributed by atoms with van der Waals surface area (Å²) in [6, 6.07) is 24.9. The SMILES string of the molecule is CN(C(=O)CSc1nc(-c2ccc(Cl)cc2)nc2c1Cc1ccccc1O2)c1ccccc1. The predicted octanol–water partition coefficient (Wildman–Crippen LogP) is 6.25. The van der Waals surface area contributed by atoms with Crippen molar-refractivity contribution in [3.63, 3.8) is 0 Å². The van der Waals surface area contributed by atoms with Gasteiger partial charge in [0.05, 0.1) is 11.3 Å². The van der Waals surface area contributed by atoms with Crippen molar-refractivity contribution in [3.05, 3.63) is 95.0 Å². The molecule has 4 aromatic rings. The molecule has 5 nitrogen and oxygen atoms in total. The molecule has 0 atom stereocenters. The van der Waals surface area contributed by atoms with Crippen molar-refractivity contribution in [3.8, 4) is 23.0 Å². The molecular formula is C26H20ClN3O2S. The van der Waals surface area contributed by atoms with Crippen LogP contribution in [0.2, 0.25) is 5.02 Å². The average Bonchev–Trinajstić information content (AvgIpc) is 2.86. The molecule has 1 amide bonds. The Morgan fingerprint density at radius 3 is 2.52 bits per heavy atom. The lowest BCUT2D eigenvalue weighted by Gasteiger charge is -2.22. The van der Waals surface area contributed by atoms with Gasteiger partial charge in [-0.2, -0.15) is 4.98 Å². The third-order valence-corrected chi connectivity index (χ3v) is 6.68. The summed E-state index contributed by atoms with van der Waals surface area (Å²) >= 11 is 7.46. The summed E-state index contributed by atoms with van der Waals surface area (Å²) in [6.07, 6.45) is 0.650. The van der Waals surface area contributed by atoms with Gasteiger partial charge in [-0.05, 0) is 48.0 Å². The number of rotatable bonds is 5. The molecule has 2 heterocycles. The highest BCUT2D eigenvalue weighted by molar-refractivity contribution is 8.00. The lowest BCUT2D eigenvalue weighted by molar-refractivity contribution is -0.115. The van der Waals surface area contributed by atoms with Gasteiger partial charge in [0.25, 0.3) is 0 Å². The number of hydrogen-bond donors (Lipinski definition) is 0. The highest BCUT2D eigenvalue weighted by Gasteiger charge is 2.25. The van der Waals surface area contributed by atoms with E-state index < -0.39 is 0 Å². The number of halogens is 1. The Morgan fingerprint density at radius 1 is 1.00 bits per heavy atom. The van der Waals surface area contributed by atoms with Crippen LogP contribution in [-0.2, 0) is 11.2 Å². The number of thioether (sulfide) groups is 1. The molecule has 33 heavy (non-hydrogen) atoms. The van der Waals surface area contributed by atoms with Crippen molar-refractivity contribution in [2.75, 3.05) is 17.7 Å². The third-order valence-electron chi connectivity index (χ3n) is 5.43. The maximum absolute atomic E-state index is 12.9. The zero-order chi connectivity index (χ0) is 22.8. The van der Waals surface area contributed by atoms with Crippen molar-refractivity contribution in [1.29, 1.82) is 0 Å². The van der Waals surface area contributed by atoms with Crippen LogP contribution in [-0.4, -0.2) is 28.7 Å². The predicted molar refractivity (Wildman–Crippen MR) is 132 cm³/mol. The summed E-state index contributed by atoms with van der Waals surface area (Å²) in [5, 5.41) is 1.39. The van der Waals surface area contributed by atoms with Gasteiger partial charge in [-0.25, -0.2) is 4.98 Å². The van der Waals surface area contributed by atoms with Crippen LogP contribution in [0.5, 0.6) is 11.6 Å². The number of hydrogen-bond acceptors (Lipinski definition) is 5. The molecule has 0 saturated heterocycles. The molecule has 0 unspecified atom stereocenters. The number of ether oxygens (including phenoxy) is 1. The van der Waals surface area contributed by atoms with Gasteiger partial charge in [-0.1, -0.05) is 59.8 Å². The molecule has 0 fully saturated rings. The molecule has 164 valence electrons. The quantitative estimate of drug-likeness (QED) is 0.223. The van der Waals surface area contributed by atoms with Crippen molar-refractivity contribution in [1.82, 2.24) is 9.97 Å². The van der Waals surface area contributed by atoms with E-state index in [1.165, 1.54) is 11.8 Å². The number of carbonyl (C=O) groups is 1. The zero-order valence-corrected chi connectivity index (χ0v) is 19.4. The smallest absolute Gasteiger partial charge is 0.237 e. The van der Waals surface area contributed by atoms with Gasteiger partial charge >= 0.3 is 0 Å². The first-order chi connectivity index (χ1) is 16.1. The Kier molecular flexibility index (Phi) is 6.03. The van der Waals surface area contributed by atoms with Gasteiger partial charge in [0, 0.05) is 29.7 Å². The van der Waals surface area contributed by atoms with Gasteiger partial charge < -0.3 is 9.64 Å². The van der Waals surface area contributed by atoms with E-state index in [0.29, 0.717) is 23.1 Å². The minimum Gasteiger partial charge on any atom is -0.438 e. The van der Waals surface area contributed by atoms with E-state index in [1.54, 1.807) is 24.1 Å². The van der Waals surface area contributed by atoms with E-state index in [9.17, 15) is 4.79 Å². The number of amides is 1. The van der Waals surface area contributed by atoms with E-state index in [0.717, 1.165) is 33.2 Å². The van der Waals surface area contributed by atoms with E-state index in [2.05, 4.69) is 0 Å². The summed E-state index contributed by atoms with van der Waals surface area (Å²) in [6.45, 7) is 0. The first-order valence-corrected chi connectivity index (χ1v) is 11.8. The molecule has 3 aromatic carbocycles. The summed E-state index contributed by atoms with van der Waals surface area (Å²) < 4.78 is 6.14. The second kappa shape index (κ2) is 9.25. The van der Waals surface area contributed by atoms with Gasteiger partial charge in [-0.3, -0.25) is 4.79 Å². The number of nitrogens with zero attached hydrogens (tertiary/aromatic N) is 3. The summed E-state index contributed by atoms with van der Waals surface area (Å²) in [4.78, 5) is 24.1. The first-order valence-electron chi connectivity index (χ1n) is 10.5. The van der Waals surface area contributed by atoms with E-state index in [4.69, 9.17) is 26.3 Å². The Balaban J connectivity index is 1.47. The number of benzene rings is 3. The van der Waals surface area contributed by atoms with Crippen molar-refractivity contribution < 1.29 is 9.53 Å². The van der Waals surface area contributed by atoms with Gasteiger partial charge in [-0.15, -0.1) is 0 Å². The fourth-order valence-electron chi connectivity index (χ4n) is 3.59. The molecule has 0 aliphatic carbocycles. The van der Waals surface area contributed by atoms with Gasteiger partial charge in [0.15, 0.2) is 5.82 Å². The van der Waals surface area contributed by atoms with E-state index >= 15 is 0 Å². The van der Waals surface area contributed by atoms with Crippen LogP contribution < -0.4 is 9.64 Å². The van der Waals surface area contributed by atoms with Crippen LogP contribution >= 0.6 is 23.4 Å². The molecule has 5 rings (SSSR count). The van der Waals surface area contributed by atoms with E-state index in [1.807, 2.05) is 66.7 Å². The fraction of sp³-hybridized carbons (Fsp3) is 0.115. The summed E-state index contributed by atoms with van der Waals surface area (Å²) in [5.41, 5.74) is 3.65. The zero-order valence-electron chi connectivity index (χ0n) is 17.9. The molecule has 0 radical (unpaired) electrons. The lowest BCUT2D eigenvalue weighted by Crippen LogP contribution is -2.28. The van der Waals surface area contributed by atoms with Crippen LogP contribution in [0.25, 0.3) is 11.4 Å². The maximum atomic E-state index is 12.9. The Bertz CT molecular complexity index is 1310. The van der Waals surface area contributed by atoms with Crippen molar-refractivity contribution >= 4 is 35.0 Å². The summed E-state index contributed by atoms with van der Waals surface area (Å²) in [5.74, 6) is 2.10. The fourth-order valence-corrected chi connectivity index (χ4v) is 4.66. The number of fused-ring (bicyclic) bond motifs is 2. The molecule has 7 heteroatoms. The van der Waals surface area contributed by atoms with E-state index in [-0.39, 0.29) is 11.7 Å². The molecule has 1 aromatic heterocycles. The monoisotopic (exact) mass is 473 g/mol. The lowest BCUT2D eigenvalue weighted by atomic mass is 10.0. The molecule has 0 spiro atoms. The molecule has 1 aliphatic heterocycles. The van der Waals surface area contributed by atoms with Crippen molar-refractivity contribution in [2.24, 2.45) is 0 Å². The minimum atomic E-state index is -0.0104. The second-order valence-corrected chi connectivity index (χ2v) is 9.01. The van der Waals surface area contributed by atoms with Crippen molar-refractivity contribution in [2.45, 2.75) is 11.4 Å². The number of anilines is 1. The highest BCUT2D eigenvalue weighted by atomic mass is 35.5. The number of para-hydroxylation sites is 2. The average molecular weight is 474 g/mol. The topological polar surface area (TPSA) is 55.3 Å². The van der Waals surface area contributed by atoms with Crippen LogP contribution in [0.4, 0.5) is 5.69 Å². The Morgan fingerprint density at radius 2 is 1.73 bits per heavy atom. The van der Waals surface area contributed by atoms with Gasteiger partial charge in [0.1, 0.15) is 10.8 Å². The minimum absolute atomic E-state index is 0.0104. The largest absolute Gasteiger partial charge is 0.438 e. The molecular weight excluding hydrogens is 454 g/mol. The number of carbonyl (C=O) groups excluding carboxylic acids is 1. The molecule has 0 N–H and O–H groups in total. The maximum Gasteiger partial charge on any atom is 0.237 e. The standard InChI is InChI=1S/C26H20ClN3O2S/c1-30(20-8-3-2-4-9-20)23(31)16-33-26-21-15-18-7-5-6-10-22(18)32-25(21)28-24(29-26)17-11-13-19(27)14-12-17/h2-14H,15-16H2,1H3. The van der Waals surface area contributed by atoms with Crippen LogP contribution in [0.3, 0.4) is 0 Å². The second-order valence-electron chi connectivity index (χ2n) is 7.61. The number of aromatic nitrogens is 2. The van der Waals surface area contributed by atoms with Crippen LogP contribution in [0, 0.1) is 0 Å². The summed E-state index contributed by atoms with van der Waals surface area (Å²) in [7, 11) is 1.78. The molecule has 1 aliphatic rings. The molecule has 0 saturated carbocycles. The molecule has 0 bridgehead atoms. The van der Waals surface area contributed by atoms with Crippen LogP contribution in [0.1, 0.15) is 11.1 Å². The van der Waals surface area contributed by atoms with Gasteiger partial charge in [0.2, 0.25) is 11.8 Å². The van der Waals surface area contributed by atoms with Crippen LogP contribution in [0.15, 0.2) is 83.9 Å². The third kappa shape index (κ3) is 4.58. The first kappa shape index (κ1) is 21.5. The highest BCUT2D eigenvalue weighted by Crippen LogP contribution is 2.40. The normalized spacial score (nSPS) is 11.8. The Hall–Kier alpha value is -3.35. The Labute approximate surface area is 201 Å².